The summed E-state index contributed by atoms with van der Waals surface area (Å²) in [5, 5.41) is 0. The van der Waals surface area contributed by atoms with Gasteiger partial charge < -0.3 is 10.2 Å². The van der Waals surface area contributed by atoms with Gasteiger partial charge in [0.2, 0.25) is 0 Å². The molecule has 2 N–H and O–H groups in total. The molecule has 0 spiro atoms. The molecule has 15 heavy (non-hydrogen) atoms. The first kappa shape index (κ1) is 9.71. The Balaban J connectivity index is 2.53. The number of hydrogen-bond acceptors (Lipinski definition) is 4. The first-order valence-corrected chi connectivity index (χ1v) is 4.88. The first-order valence-electron chi connectivity index (χ1n) is 4.88. The highest BCUT2D eigenvalue weighted by Gasteiger charge is 2.08. The zero-order valence-electron chi connectivity index (χ0n) is 8.82. The van der Waals surface area contributed by atoms with Crippen molar-refractivity contribution < 1.29 is 4.42 Å². The quantitative estimate of drug-likeness (QED) is 0.812. The van der Waals surface area contributed by atoms with Crippen molar-refractivity contribution in [3.63, 3.8) is 0 Å². The summed E-state index contributed by atoms with van der Waals surface area (Å²) in [5.74, 6) is 2.10. The van der Waals surface area contributed by atoms with E-state index in [4.69, 9.17) is 10.2 Å². The average Bonchev–Trinajstić information content (AvgIpc) is 2.63. The molecule has 4 nitrogen and oxygen atoms in total. The van der Waals surface area contributed by atoms with Crippen molar-refractivity contribution in [2.45, 2.75) is 20.3 Å². The Morgan fingerprint density at radius 3 is 2.80 bits per heavy atom. The lowest BCUT2D eigenvalue weighted by atomic mass is 10.2. The van der Waals surface area contributed by atoms with Crippen LogP contribution < -0.4 is 5.73 Å². The van der Waals surface area contributed by atoms with E-state index in [0.29, 0.717) is 5.82 Å². The summed E-state index contributed by atoms with van der Waals surface area (Å²) in [4.78, 5) is 8.53. The molecule has 2 aromatic rings. The fourth-order valence-electron chi connectivity index (χ4n) is 1.46. The van der Waals surface area contributed by atoms with Gasteiger partial charge in [-0.2, -0.15) is 0 Å². The van der Waals surface area contributed by atoms with Crippen molar-refractivity contribution in [2.24, 2.45) is 0 Å². The van der Waals surface area contributed by atoms with E-state index in [2.05, 4.69) is 9.97 Å². The van der Waals surface area contributed by atoms with Crippen molar-refractivity contribution in [3.8, 4) is 11.3 Å². The lowest BCUT2D eigenvalue weighted by Crippen LogP contribution is -2.00. The third-order valence-corrected chi connectivity index (χ3v) is 2.24. The number of nitrogen functional groups attached to an aromatic ring is 1. The molecular formula is C11H13N3O. The van der Waals surface area contributed by atoms with E-state index in [1.54, 1.807) is 12.3 Å². The molecule has 0 atom stereocenters. The summed E-state index contributed by atoms with van der Waals surface area (Å²) in [6.45, 7) is 3.90. The van der Waals surface area contributed by atoms with Gasteiger partial charge in [0.05, 0.1) is 12.0 Å². The van der Waals surface area contributed by atoms with Gasteiger partial charge in [0.15, 0.2) is 0 Å². The van der Waals surface area contributed by atoms with Gasteiger partial charge in [-0.05, 0) is 13.0 Å². The minimum Gasteiger partial charge on any atom is -0.469 e. The highest BCUT2D eigenvalue weighted by molar-refractivity contribution is 5.63. The Morgan fingerprint density at radius 2 is 2.20 bits per heavy atom. The molecule has 0 amide bonds. The highest BCUT2D eigenvalue weighted by Crippen LogP contribution is 2.23. The molecule has 0 saturated carbocycles. The zero-order valence-corrected chi connectivity index (χ0v) is 8.82. The highest BCUT2D eigenvalue weighted by atomic mass is 16.3. The molecule has 2 aromatic heterocycles. The molecule has 0 radical (unpaired) electrons. The molecule has 0 aliphatic heterocycles. The molecule has 4 heteroatoms. The largest absolute Gasteiger partial charge is 0.469 e. The Hall–Kier alpha value is -1.84. The maximum Gasteiger partial charge on any atom is 0.131 e. The molecule has 0 saturated heterocycles. The Morgan fingerprint density at radius 1 is 1.40 bits per heavy atom. The third-order valence-electron chi connectivity index (χ3n) is 2.24. The lowest BCUT2D eigenvalue weighted by Gasteiger charge is -2.03. The lowest BCUT2D eigenvalue weighted by molar-refractivity contribution is 0.535. The van der Waals surface area contributed by atoms with Crippen molar-refractivity contribution in [3.05, 3.63) is 30.0 Å². The van der Waals surface area contributed by atoms with Crippen molar-refractivity contribution in [1.29, 1.82) is 0 Å². The maximum atomic E-state index is 5.71. The number of rotatable bonds is 2. The van der Waals surface area contributed by atoms with Gasteiger partial charge in [-0.15, -0.1) is 0 Å². The molecule has 2 heterocycles. The number of furan rings is 1. The van der Waals surface area contributed by atoms with Gasteiger partial charge in [-0.25, -0.2) is 9.97 Å². The molecule has 78 valence electrons. The Bertz CT molecular complexity index is 476. The second-order valence-corrected chi connectivity index (χ2v) is 3.34. The van der Waals surface area contributed by atoms with Crippen molar-refractivity contribution in [1.82, 2.24) is 9.97 Å². The fourth-order valence-corrected chi connectivity index (χ4v) is 1.46. The van der Waals surface area contributed by atoms with E-state index in [9.17, 15) is 0 Å². The maximum absolute atomic E-state index is 5.71. The molecule has 0 aliphatic carbocycles. The molecule has 0 fully saturated rings. The number of hydrogen-bond donors (Lipinski definition) is 1. The van der Waals surface area contributed by atoms with Gasteiger partial charge >= 0.3 is 0 Å². The van der Waals surface area contributed by atoms with E-state index < -0.39 is 0 Å². The summed E-state index contributed by atoms with van der Waals surface area (Å²) < 4.78 is 5.23. The van der Waals surface area contributed by atoms with Crippen LogP contribution in [0.5, 0.6) is 0 Å². The topological polar surface area (TPSA) is 64.9 Å². The van der Waals surface area contributed by atoms with Crippen LogP contribution in [0.25, 0.3) is 11.3 Å². The molecule has 0 aliphatic rings. The zero-order chi connectivity index (χ0) is 10.8. The van der Waals surface area contributed by atoms with Crippen LogP contribution in [0.1, 0.15) is 18.5 Å². The van der Waals surface area contributed by atoms with Gasteiger partial charge in [-0.3, -0.25) is 0 Å². The Labute approximate surface area is 88.2 Å². The van der Waals surface area contributed by atoms with Crippen LogP contribution in [0.15, 0.2) is 22.8 Å². The van der Waals surface area contributed by atoms with Crippen LogP contribution in [0.4, 0.5) is 5.82 Å². The molecule has 0 aromatic carbocycles. The molecule has 2 rings (SSSR count). The Kier molecular flexibility index (Phi) is 2.41. The number of anilines is 1. The van der Waals surface area contributed by atoms with Crippen LogP contribution in [0.3, 0.4) is 0 Å². The van der Waals surface area contributed by atoms with Crippen LogP contribution >= 0.6 is 0 Å². The van der Waals surface area contributed by atoms with Gasteiger partial charge in [0.25, 0.3) is 0 Å². The second-order valence-electron chi connectivity index (χ2n) is 3.34. The van der Waals surface area contributed by atoms with Crippen LogP contribution in [0.2, 0.25) is 0 Å². The smallest absolute Gasteiger partial charge is 0.131 e. The van der Waals surface area contributed by atoms with E-state index in [1.807, 2.05) is 19.9 Å². The van der Waals surface area contributed by atoms with Crippen LogP contribution in [0, 0.1) is 6.92 Å². The monoisotopic (exact) mass is 203 g/mol. The summed E-state index contributed by atoms with van der Waals surface area (Å²) in [6.07, 6.45) is 2.42. The first-order chi connectivity index (χ1) is 7.20. The van der Waals surface area contributed by atoms with Crippen LogP contribution in [-0.4, -0.2) is 9.97 Å². The minimum atomic E-state index is 0.498. The molecule has 0 bridgehead atoms. The standard InChI is InChI=1S/C11H13N3O/c1-3-11-13-9(6-10(12)14-11)8-4-5-15-7(8)2/h4-6H,3H2,1-2H3,(H2,12,13,14). The normalized spacial score (nSPS) is 10.5. The van der Waals surface area contributed by atoms with E-state index in [1.165, 1.54) is 0 Å². The van der Waals surface area contributed by atoms with Gasteiger partial charge in [-0.1, -0.05) is 6.92 Å². The average molecular weight is 203 g/mol. The van der Waals surface area contributed by atoms with Crippen LogP contribution in [-0.2, 0) is 6.42 Å². The summed E-state index contributed by atoms with van der Waals surface area (Å²) in [6, 6.07) is 3.65. The predicted octanol–water partition coefficient (Wildman–Crippen LogP) is 2.19. The van der Waals surface area contributed by atoms with Gasteiger partial charge in [0, 0.05) is 18.1 Å². The second kappa shape index (κ2) is 3.73. The van der Waals surface area contributed by atoms with Crippen molar-refractivity contribution in [2.75, 3.05) is 5.73 Å². The third kappa shape index (κ3) is 1.83. The number of nitrogens with zero attached hydrogens (tertiary/aromatic N) is 2. The molecular weight excluding hydrogens is 190 g/mol. The van der Waals surface area contributed by atoms with E-state index >= 15 is 0 Å². The number of aromatic nitrogens is 2. The molecule has 0 unspecified atom stereocenters. The van der Waals surface area contributed by atoms with Gasteiger partial charge in [0.1, 0.15) is 17.4 Å². The van der Waals surface area contributed by atoms with E-state index in [-0.39, 0.29) is 0 Å². The SMILES string of the molecule is CCc1nc(N)cc(-c2ccoc2C)n1. The summed E-state index contributed by atoms with van der Waals surface area (Å²) in [5.41, 5.74) is 7.51. The predicted molar refractivity (Wildman–Crippen MR) is 58.3 cm³/mol. The minimum absolute atomic E-state index is 0.498. The fraction of sp³-hybridized carbons (Fsp3) is 0.273. The summed E-state index contributed by atoms with van der Waals surface area (Å²) >= 11 is 0. The number of nitrogens with two attached hydrogens (primary N) is 1. The summed E-state index contributed by atoms with van der Waals surface area (Å²) in [7, 11) is 0. The van der Waals surface area contributed by atoms with Crippen molar-refractivity contribution >= 4 is 5.82 Å². The van der Waals surface area contributed by atoms with E-state index in [0.717, 1.165) is 29.3 Å². The number of aryl methyl sites for hydroxylation is 2.